The number of nitrogens with two attached hydrogens (primary N) is 1. The van der Waals surface area contributed by atoms with Gasteiger partial charge in [-0.1, -0.05) is 6.92 Å². The Balaban J connectivity index is 4.91. The third kappa shape index (κ3) is 8.93. The molecule has 3 atom stereocenters. The number of hydrogen-bond donors (Lipinski definition) is 3. The summed E-state index contributed by atoms with van der Waals surface area (Å²) in [4.78, 5) is 11.9. The van der Waals surface area contributed by atoms with E-state index in [2.05, 4.69) is 0 Å². The molecule has 0 heterocycles. The molecule has 0 amide bonds. The second-order valence-corrected chi connectivity index (χ2v) is 7.18. The van der Waals surface area contributed by atoms with Crippen LogP contribution >= 0.6 is 0 Å². The summed E-state index contributed by atoms with van der Waals surface area (Å²) >= 11 is 0. The number of esters is 1. The highest BCUT2D eigenvalue weighted by molar-refractivity contribution is 7.85. The molecule has 114 valence electrons. The van der Waals surface area contributed by atoms with E-state index in [1.165, 1.54) is 0 Å². The van der Waals surface area contributed by atoms with Gasteiger partial charge in [-0.25, -0.2) is 0 Å². The molecule has 0 aliphatic heterocycles. The molecule has 4 N–H and O–H groups in total. The highest BCUT2D eigenvalue weighted by Gasteiger charge is 2.31. The minimum absolute atomic E-state index is 0.00632. The van der Waals surface area contributed by atoms with Crippen molar-refractivity contribution in [3.05, 3.63) is 0 Å². The number of carbonyl (C=O) groups excluding carboxylic acids is 1. The van der Waals surface area contributed by atoms with Crippen molar-refractivity contribution in [1.29, 1.82) is 0 Å². The van der Waals surface area contributed by atoms with Gasteiger partial charge in [0, 0.05) is 0 Å². The monoisotopic (exact) mass is 297 g/mol. The highest BCUT2D eigenvalue weighted by atomic mass is 32.2. The lowest BCUT2D eigenvalue weighted by Crippen LogP contribution is -2.36. The molecule has 3 unspecified atom stereocenters. The van der Waals surface area contributed by atoms with Crippen LogP contribution in [-0.4, -0.2) is 41.6 Å². The van der Waals surface area contributed by atoms with E-state index in [1.807, 2.05) is 0 Å². The van der Waals surface area contributed by atoms with Gasteiger partial charge in [-0.05, 0) is 33.1 Å². The van der Waals surface area contributed by atoms with Crippen LogP contribution in [0.25, 0.3) is 0 Å². The fourth-order valence-corrected chi connectivity index (χ4v) is 2.24. The molecule has 0 saturated heterocycles. The van der Waals surface area contributed by atoms with Crippen LogP contribution < -0.4 is 5.73 Å². The Bertz CT molecular complexity index is 398. The zero-order chi connectivity index (χ0) is 15.4. The van der Waals surface area contributed by atoms with Crippen LogP contribution in [0.1, 0.15) is 34.1 Å². The van der Waals surface area contributed by atoms with Crippen molar-refractivity contribution in [2.75, 3.05) is 5.75 Å². The Morgan fingerprint density at radius 2 is 1.84 bits per heavy atom. The Hall–Kier alpha value is -0.700. The van der Waals surface area contributed by atoms with Gasteiger partial charge in [0.1, 0.15) is 11.8 Å². The lowest BCUT2D eigenvalue weighted by atomic mass is 9.96. The SMILES string of the molecule is CC(CC(CS(=O)(=O)O)C(=O)OC(C)(C)C)C(N)O. The van der Waals surface area contributed by atoms with Crippen molar-refractivity contribution in [2.45, 2.75) is 45.9 Å². The molecule has 0 spiro atoms. The van der Waals surface area contributed by atoms with Gasteiger partial charge in [-0.15, -0.1) is 0 Å². The van der Waals surface area contributed by atoms with Crippen molar-refractivity contribution in [1.82, 2.24) is 0 Å². The maximum absolute atomic E-state index is 11.9. The minimum Gasteiger partial charge on any atom is -0.460 e. The van der Waals surface area contributed by atoms with Gasteiger partial charge in [0.15, 0.2) is 0 Å². The minimum atomic E-state index is -4.32. The number of carbonyl (C=O) groups is 1. The van der Waals surface area contributed by atoms with E-state index in [0.717, 1.165) is 0 Å². The fourth-order valence-electron chi connectivity index (χ4n) is 1.46. The molecule has 19 heavy (non-hydrogen) atoms. The first-order valence-corrected chi connectivity index (χ1v) is 7.54. The number of rotatable bonds is 6. The largest absolute Gasteiger partial charge is 0.460 e. The second-order valence-electron chi connectivity index (χ2n) is 5.68. The molecule has 0 radical (unpaired) electrons. The van der Waals surface area contributed by atoms with Gasteiger partial charge in [0.2, 0.25) is 0 Å². The van der Waals surface area contributed by atoms with Crippen molar-refractivity contribution in [2.24, 2.45) is 17.6 Å². The normalized spacial score (nSPS) is 17.6. The fraction of sp³-hybridized carbons (Fsp3) is 0.909. The van der Waals surface area contributed by atoms with Crippen LogP contribution in [0.2, 0.25) is 0 Å². The molecule has 0 aromatic heterocycles. The lowest BCUT2D eigenvalue weighted by molar-refractivity contribution is -0.160. The Morgan fingerprint density at radius 1 is 1.37 bits per heavy atom. The van der Waals surface area contributed by atoms with Gasteiger partial charge in [-0.3, -0.25) is 9.35 Å². The third-order valence-corrected chi connectivity index (χ3v) is 3.21. The molecular weight excluding hydrogens is 274 g/mol. The zero-order valence-corrected chi connectivity index (χ0v) is 12.5. The first kappa shape index (κ1) is 18.3. The molecule has 0 aliphatic carbocycles. The molecule has 0 bridgehead atoms. The van der Waals surface area contributed by atoms with E-state index in [-0.39, 0.29) is 6.42 Å². The van der Waals surface area contributed by atoms with Crippen molar-refractivity contribution in [3.63, 3.8) is 0 Å². The summed E-state index contributed by atoms with van der Waals surface area (Å²) in [5.41, 5.74) is 4.50. The van der Waals surface area contributed by atoms with Crippen molar-refractivity contribution >= 4 is 16.1 Å². The average molecular weight is 297 g/mol. The molecule has 0 rings (SSSR count). The van der Waals surface area contributed by atoms with Gasteiger partial charge in [-0.2, -0.15) is 8.42 Å². The summed E-state index contributed by atoms with van der Waals surface area (Å²) in [6.45, 7) is 6.52. The summed E-state index contributed by atoms with van der Waals surface area (Å²) in [6, 6.07) is 0. The van der Waals surface area contributed by atoms with Crippen molar-refractivity contribution < 1.29 is 27.6 Å². The number of hydrogen-bond acceptors (Lipinski definition) is 6. The molecule has 0 saturated carbocycles. The van der Waals surface area contributed by atoms with Crippen LogP contribution in [0, 0.1) is 11.8 Å². The van der Waals surface area contributed by atoms with E-state index in [1.54, 1.807) is 27.7 Å². The number of aliphatic hydroxyl groups is 1. The first-order chi connectivity index (χ1) is 8.32. The topological polar surface area (TPSA) is 127 Å². The highest BCUT2D eigenvalue weighted by Crippen LogP contribution is 2.20. The van der Waals surface area contributed by atoms with Crippen LogP contribution in [0.3, 0.4) is 0 Å². The first-order valence-electron chi connectivity index (χ1n) is 5.93. The summed E-state index contributed by atoms with van der Waals surface area (Å²) in [5.74, 6) is -3.06. The van der Waals surface area contributed by atoms with E-state index in [0.29, 0.717) is 0 Å². The summed E-state index contributed by atoms with van der Waals surface area (Å²) < 4.78 is 35.8. The van der Waals surface area contributed by atoms with E-state index < -0.39 is 45.5 Å². The van der Waals surface area contributed by atoms with Gasteiger partial charge >= 0.3 is 5.97 Å². The van der Waals surface area contributed by atoms with Gasteiger partial charge in [0.25, 0.3) is 10.1 Å². The maximum Gasteiger partial charge on any atom is 0.310 e. The molecule has 0 aliphatic rings. The van der Waals surface area contributed by atoms with Crippen LogP contribution in [0.4, 0.5) is 0 Å². The van der Waals surface area contributed by atoms with Gasteiger partial charge in [0.05, 0.1) is 11.7 Å². The number of aliphatic hydroxyl groups excluding tert-OH is 1. The Labute approximate surface area is 113 Å². The average Bonchev–Trinajstić information content (AvgIpc) is 2.11. The molecule has 0 aromatic rings. The van der Waals surface area contributed by atoms with Crippen LogP contribution in [0.5, 0.6) is 0 Å². The summed E-state index contributed by atoms with van der Waals surface area (Å²) in [5, 5.41) is 9.20. The summed E-state index contributed by atoms with van der Waals surface area (Å²) in [7, 11) is -4.32. The quantitative estimate of drug-likeness (QED) is 0.361. The summed E-state index contributed by atoms with van der Waals surface area (Å²) in [6.07, 6.45) is -1.17. The van der Waals surface area contributed by atoms with E-state index in [4.69, 9.17) is 15.0 Å². The number of ether oxygens (including phenoxy) is 1. The molecular formula is C11H23NO6S. The van der Waals surface area contributed by atoms with Crippen LogP contribution in [-0.2, 0) is 19.6 Å². The second kappa shape index (κ2) is 6.65. The maximum atomic E-state index is 11.9. The van der Waals surface area contributed by atoms with Gasteiger partial charge < -0.3 is 15.6 Å². The van der Waals surface area contributed by atoms with Crippen LogP contribution in [0.15, 0.2) is 0 Å². The predicted octanol–water partition coefficient (Wildman–Crippen LogP) is 0.135. The van der Waals surface area contributed by atoms with Crippen molar-refractivity contribution in [3.8, 4) is 0 Å². The lowest BCUT2D eigenvalue weighted by Gasteiger charge is -2.25. The predicted molar refractivity (Wildman–Crippen MR) is 69.7 cm³/mol. The Kier molecular flexibility index (Phi) is 6.40. The molecule has 8 heteroatoms. The van der Waals surface area contributed by atoms with E-state index >= 15 is 0 Å². The molecule has 0 aromatic carbocycles. The standard InChI is InChI=1S/C11H23NO6S/c1-7(9(12)13)5-8(6-19(15,16)17)10(14)18-11(2,3)4/h7-9,13H,5-6,12H2,1-4H3,(H,15,16,17). The molecule has 7 nitrogen and oxygen atoms in total. The Morgan fingerprint density at radius 3 is 2.16 bits per heavy atom. The third-order valence-electron chi connectivity index (χ3n) is 2.39. The van der Waals surface area contributed by atoms with E-state index in [9.17, 15) is 18.3 Å². The smallest absolute Gasteiger partial charge is 0.310 e. The zero-order valence-electron chi connectivity index (χ0n) is 11.7. The molecule has 0 fully saturated rings.